The van der Waals surface area contributed by atoms with Gasteiger partial charge in [-0.25, -0.2) is 4.79 Å². The Morgan fingerprint density at radius 3 is 2.39 bits per heavy atom. The van der Waals surface area contributed by atoms with Gasteiger partial charge >= 0.3 is 12.0 Å². The van der Waals surface area contributed by atoms with E-state index >= 15 is 0 Å². The van der Waals surface area contributed by atoms with Crippen molar-refractivity contribution < 1.29 is 19.8 Å². The average molecular weight is 258 g/mol. The highest BCUT2D eigenvalue weighted by molar-refractivity contribution is 5.80. The Labute approximate surface area is 107 Å². The van der Waals surface area contributed by atoms with Crippen molar-refractivity contribution in [3.8, 4) is 0 Å². The normalized spacial score (nSPS) is 21.2. The van der Waals surface area contributed by atoms with Crippen LogP contribution in [0, 0.1) is 5.92 Å². The van der Waals surface area contributed by atoms with Crippen molar-refractivity contribution in [1.29, 1.82) is 0 Å². The van der Waals surface area contributed by atoms with E-state index in [4.69, 9.17) is 5.11 Å². The van der Waals surface area contributed by atoms with E-state index < -0.39 is 12.1 Å². The molecule has 1 fully saturated rings. The van der Waals surface area contributed by atoms with Crippen LogP contribution in [0.4, 0.5) is 4.79 Å². The third-order valence-corrected chi connectivity index (χ3v) is 3.35. The number of aliphatic hydroxyl groups excluding tert-OH is 1. The third kappa shape index (κ3) is 3.60. The van der Waals surface area contributed by atoms with Gasteiger partial charge in [-0.1, -0.05) is 0 Å². The number of nitrogens with zero attached hydrogens (tertiary/aromatic N) is 2. The zero-order valence-corrected chi connectivity index (χ0v) is 11.2. The molecule has 0 aliphatic carbocycles. The molecule has 6 nitrogen and oxygen atoms in total. The summed E-state index contributed by atoms with van der Waals surface area (Å²) in [4.78, 5) is 25.9. The minimum atomic E-state index is -1.01. The van der Waals surface area contributed by atoms with Gasteiger partial charge in [0.2, 0.25) is 0 Å². The Morgan fingerprint density at radius 2 is 2.00 bits per heavy atom. The predicted octanol–water partition coefficient (Wildman–Crippen LogP) is 0.604. The molecule has 6 heteroatoms. The number of hydrogen-bond donors (Lipinski definition) is 2. The van der Waals surface area contributed by atoms with Crippen molar-refractivity contribution >= 4 is 12.0 Å². The molecule has 0 spiro atoms. The number of carboxylic acid groups (broad SMARTS) is 1. The van der Waals surface area contributed by atoms with Crippen molar-refractivity contribution in [2.45, 2.75) is 39.3 Å². The molecule has 0 bridgehead atoms. The van der Waals surface area contributed by atoms with Crippen molar-refractivity contribution in [1.82, 2.24) is 9.80 Å². The number of aliphatic hydroxyl groups is 1. The predicted molar refractivity (Wildman–Crippen MR) is 66.2 cm³/mol. The summed E-state index contributed by atoms with van der Waals surface area (Å²) in [6.07, 6.45) is 0.331. The summed E-state index contributed by atoms with van der Waals surface area (Å²) < 4.78 is 0. The fraction of sp³-hybridized carbons (Fsp3) is 0.833. The molecule has 104 valence electrons. The van der Waals surface area contributed by atoms with Gasteiger partial charge in [-0.3, -0.25) is 4.79 Å². The summed E-state index contributed by atoms with van der Waals surface area (Å²) in [6.45, 7) is 6.10. The van der Waals surface area contributed by atoms with Crippen molar-refractivity contribution in [3.05, 3.63) is 0 Å². The third-order valence-electron chi connectivity index (χ3n) is 3.35. The summed E-state index contributed by atoms with van der Waals surface area (Å²) in [5.41, 5.74) is 0. The van der Waals surface area contributed by atoms with Gasteiger partial charge in [0, 0.05) is 25.0 Å². The van der Waals surface area contributed by atoms with E-state index in [9.17, 15) is 14.7 Å². The second-order valence-electron chi connectivity index (χ2n) is 5.13. The largest absolute Gasteiger partial charge is 0.480 e. The smallest absolute Gasteiger partial charge is 0.323 e. The van der Waals surface area contributed by atoms with Gasteiger partial charge in [0.1, 0.15) is 6.54 Å². The van der Waals surface area contributed by atoms with Gasteiger partial charge < -0.3 is 20.0 Å². The maximum absolute atomic E-state index is 12.2. The topological polar surface area (TPSA) is 81.1 Å². The Hall–Kier alpha value is -1.30. The lowest BCUT2D eigenvalue weighted by Crippen LogP contribution is -2.48. The molecular formula is C12H22N2O4. The van der Waals surface area contributed by atoms with Crippen molar-refractivity contribution in [2.75, 3.05) is 19.6 Å². The molecule has 0 aromatic carbocycles. The SMILES string of the molecule is CC(O)C1CCN(C(=O)N(CC(=O)O)C(C)C)C1. The molecule has 1 aliphatic rings. The highest BCUT2D eigenvalue weighted by Gasteiger charge is 2.32. The maximum Gasteiger partial charge on any atom is 0.323 e. The Balaban J connectivity index is 2.64. The van der Waals surface area contributed by atoms with Crippen LogP contribution in [0.25, 0.3) is 0 Å². The average Bonchev–Trinajstić information content (AvgIpc) is 2.73. The number of carboxylic acids is 1. The molecule has 0 saturated carbocycles. The van der Waals surface area contributed by atoms with E-state index in [1.165, 1.54) is 4.90 Å². The lowest BCUT2D eigenvalue weighted by Gasteiger charge is -2.30. The second-order valence-corrected chi connectivity index (χ2v) is 5.13. The minimum Gasteiger partial charge on any atom is -0.480 e. The molecule has 1 saturated heterocycles. The highest BCUT2D eigenvalue weighted by Crippen LogP contribution is 2.21. The monoisotopic (exact) mass is 258 g/mol. The number of hydrogen-bond acceptors (Lipinski definition) is 3. The Morgan fingerprint density at radius 1 is 1.39 bits per heavy atom. The summed E-state index contributed by atoms with van der Waals surface area (Å²) >= 11 is 0. The molecule has 0 aromatic rings. The molecular weight excluding hydrogens is 236 g/mol. The summed E-state index contributed by atoms with van der Waals surface area (Å²) in [7, 11) is 0. The zero-order valence-electron chi connectivity index (χ0n) is 11.2. The van der Waals surface area contributed by atoms with Crippen LogP contribution in [-0.4, -0.2) is 63.8 Å². The highest BCUT2D eigenvalue weighted by atomic mass is 16.4. The van der Waals surface area contributed by atoms with Crippen LogP contribution in [0.2, 0.25) is 0 Å². The molecule has 1 heterocycles. The summed E-state index contributed by atoms with van der Waals surface area (Å²) in [5.74, 6) is -0.920. The lowest BCUT2D eigenvalue weighted by atomic mass is 10.0. The molecule has 2 atom stereocenters. The first-order valence-electron chi connectivity index (χ1n) is 6.28. The Kier molecular flexibility index (Phi) is 4.95. The van der Waals surface area contributed by atoms with Crippen LogP contribution in [-0.2, 0) is 4.79 Å². The van der Waals surface area contributed by atoms with Gasteiger partial charge in [0.05, 0.1) is 6.10 Å². The van der Waals surface area contributed by atoms with Gasteiger partial charge in [0.15, 0.2) is 0 Å². The number of aliphatic carboxylic acids is 1. The van der Waals surface area contributed by atoms with Crippen LogP contribution < -0.4 is 0 Å². The first-order valence-corrected chi connectivity index (χ1v) is 6.28. The number of carbonyl (C=O) groups excluding carboxylic acids is 1. The number of likely N-dealkylation sites (tertiary alicyclic amines) is 1. The zero-order chi connectivity index (χ0) is 13.9. The molecule has 0 aromatic heterocycles. The van der Waals surface area contributed by atoms with Crippen LogP contribution in [0.3, 0.4) is 0 Å². The molecule has 2 amide bonds. The fourth-order valence-electron chi connectivity index (χ4n) is 2.15. The van der Waals surface area contributed by atoms with E-state index in [1.54, 1.807) is 25.7 Å². The number of rotatable bonds is 4. The summed E-state index contributed by atoms with van der Waals surface area (Å²) in [6, 6.07) is -0.408. The van der Waals surface area contributed by atoms with E-state index in [0.717, 1.165) is 6.42 Å². The molecule has 0 radical (unpaired) electrons. The van der Waals surface area contributed by atoms with Crippen LogP contribution in [0.15, 0.2) is 0 Å². The van der Waals surface area contributed by atoms with Gasteiger partial charge in [0.25, 0.3) is 0 Å². The van der Waals surface area contributed by atoms with Crippen molar-refractivity contribution in [2.24, 2.45) is 5.92 Å². The van der Waals surface area contributed by atoms with E-state index in [1.807, 2.05) is 0 Å². The molecule has 2 unspecified atom stereocenters. The molecule has 1 rings (SSSR count). The van der Waals surface area contributed by atoms with E-state index in [0.29, 0.717) is 13.1 Å². The van der Waals surface area contributed by atoms with Crippen LogP contribution in [0.1, 0.15) is 27.2 Å². The first-order chi connectivity index (χ1) is 8.32. The molecule has 18 heavy (non-hydrogen) atoms. The van der Waals surface area contributed by atoms with E-state index in [2.05, 4.69) is 0 Å². The standard InChI is InChI=1S/C12H22N2O4/c1-8(2)14(7-11(16)17)12(18)13-5-4-10(6-13)9(3)15/h8-10,15H,4-7H2,1-3H3,(H,16,17). The minimum absolute atomic E-state index is 0.0905. The van der Waals surface area contributed by atoms with Gasteiger partial charge in [-0.2, -0.15) is 0 Å². The van der Waals surface area contributed by atoms with Crippen molar-refractivity contribution in [3.63, 3.8) is 0 Å². The molecule has 1 aliphatic heterocycles. The fourth-order valence-corrected chi connectivity index (χ4v) is 2.15. The van der Waals surface area contributed by atoms with Crippen LogP contribution >= 0.6 is 0 Å². The molecule has 2 N–H and O–H groups in total. The maximum atomic E-state index is 12.2. The van der Waals surface area contributed by atoms with Gasteiger partial charge in [-0.05, 0) is 27.2 Å². The van der Waals surface area contributed by atoms with E-state index in [-0.39, 0.29) is 24.5 Å². The first kappa shape index (κ1) is 14.8. The Bertz CT molecular complexity index is 317. The lowest BCUT2D eigenvalue weighted by molar-refractivity contribution is -0.138. The number of amides is 2. The summed E-state index contributed by atoms with van der Waals surface area (Å²) in [5, 5.41) is 18.3. The van der Waals surface area contributed by atoms with Gasteiger partial charge in [-0.15, -0.1) is 0 Å². The number of carbonyl (C=O) groups is 2. The quantitative estimate of drug-likeness (QED) is 0.774. The number of urea groups is 1. The second kappa shape index (κ2) is 6.04. The van der Waals surface area contributed by atoms with Crippen LogP contribution in [0.5, 0.6) is 0 Å².